The summed E-state index contributed by atoms with van der Waals surface area (Å²) in [4.78, 5) is 9.89. The summed E-state index contributed by atoms with van der Waals surface area (Å²) in [6.45, 7) is 11.0. The number of hydrogen-bond donors (Lipinski definition) is 0. The van der Waals surface area contributed by atoms with Gasteiger partial charge in [-0.2, -0.15) is 11.3 Å². The molecule has 134 valence electrons. The molecule has 2 heterocycles. The van der Waals surface area contributed by atoms with Gasteiger partial charge in [-0.05, 0) is 53.5 Å². The summed E-state index contributed by atoms with van der Waals surface area (Å²) >= 11 is 1.69. The van der Waals surface area contributed by atoms with Gasteiger partial charge in [-0.3, -0.25) is 4.99 Å². The van der Waals surface area contributed by atoms with Crippen LogP contribution in [-0.4, -0.2) is 10.7 Å². The van der Waals surface area contributed by atoms with Crippen molar-refractivity contribution in [2.75, 3.05) is 0 Å². The maximum Gasteiger partial charge on any atom is 0.0849 e. The molecule has 2 nitrogen and oxygen atoms in total. The highest BCUT2D eigenvalue weighted by Gasteiger charge is 2.14. The lowest BCUT2D eigenvalue weighted by Gasteiger charge is -2.17. The Bertz CT molecular complexity index is 879. The summed E-state index contributed by atoms with van der Waals surface area (Å²) in [6, 6.07) is 14.8. The highest BCUT2D eigenvalue weighted by molar-refractivity contribution is 7.08. The largest absolute Gasteiger partial charge is 0.251 e. The maximum atomic E-state index is 5.05. The van der Waals surface area contributed by atoms with Gasteiger partial charge >= 0.3 is 0 Å². The number of aromatic nitrogens is 1. The number of benzene rings is 1. The van der Waals surface area contributed by atoms with E-state index < -0.39 is 0 Å². The lowest BCUT2D eigenvalue weighted by molar-refractivity contribution is 0.834. The molecule has 1 aromatic carbocycles. The number of rotatable bonds is 5. The van der Waals surface area contributed by atoms with Gasteiger partial charge in [-0.15, -0.1) is 0 Å². The van der Waals surface area contributed by atoms with Crippen LogP contribution in [0.25, 0.3) is 11.3 Å². The zero-order valence-corrected chi connectivity index (χ0v) is 17.0. The molecule has 0 N–H and O–H groups in total. The number of nitrogens with zero attached hydrogens (tertiary/aromatic N) is 2. The predicted octanol–water partition coefficient (Wildman–Crippen LogP) is 7.20. The van der Waals surface area contributed by atoms with E-state index >= 15 is 0 Å². The monoisotopic (exact) mass is 362 g/mol. The summed E-state index contributed by atoms with van der Waals surface area (Å²) in [7, 11) is 0. The number of aliphatic imine (C=N–C) groups is 1. The van der Waals surface area contributed by atoms with Crippen molar-refractivity contribution in [2.45, 2.75) is 46.5 Å². The highest BCUT2D eigenvalue weighted by Crippen LogP contribution is 2.35. The molecule has 26 heavy (non-hydrogen) atoms. The fraction of sp³-hybridized carbons (Fsp3) is 0.304. The minimum absolute atomic E-state index is 0.436. The minimum Gasteiger partial charge on any atom is -0.251 e. The average molecular weight is 363 g/mol. The first-order valence-corrected chi connectivity index (χ1v) is 10.1. The van der Waals surface area contributed by atoms with E-state index in [1.165, 1.54) is 11.1 Å². The van der Waals surface area contributed by atoms with E-state index in [-0.39, 0.29) is 0 Å². The molecule has 0 aliphatic carbocycles. The van der Waals surface area contributed by atoms with E-state index in [1.807, 2.05) is 6.07 Å². The number of hydrogen-bond acceptors (Lipinski definition) is 3. The van der Waals surface area contributed by atoms with Crippen LogP contribution >= 0.6 is 11.3 Å². The first kappa shape index (κ1) is 18.5. The average Bonchev–Trinajstić information content (AvgIpc) is 3.16. The molecule has 3 aromatic rings. The highest BCUT2D eigenvalue weighted by atomic mass is 32.1. The van der Waals surface area contributed by atoms with Gasteiger partial charge in [0.1, 0.15) is 0 Å². The molecule has 2 aromatic heterocycles. The number of thiophene rings is 1. The molecular formula is C23H26N2S. The van der Waals surface area contributed by atoms with Crippen molar-refractivity contribution in [2.24, 2.45) is 4.99 Å². The Labute approximate surface area is 160 Å². The van der Waals surface area contributed by atoms with E-state index in [2.05, 4.69) is 81.8 Å². The second-order valence-corrected chi connectivity index (χ2v) is 7.99. The van der Waals surface area contributed by atoms with Gasteiger partial charge in [0.15, 0.2) is 0 Å². The van der Waals surface area contributed by atoms with Crippen molar-refractivity contribution >= 4 is 22.7 Å². The Kier molecular flexibility index (Phi) is 5.67. The van der Waals surface area contributed by atoms with E-state index in [0.717, 1.165) is 28.4 Å². The molecule has 0 bridgehead atoms. The van der Waals surface area contributed by atoms with Gasteiger partial charge in [0.05, 0.1) is 22.8 Å². The second kappa shape index (κ2) is 7.96. The van der Waals surface area contributed by atoms with Crippen molar-refractivity contribution in [3.8, 4) is 11.3 Å². The Morgan fingerprint density at radius 1 is 0.923 bits per heavy atom. The molecule has 0 amide bonds. The van der Waals surface area contributed by atoms with Crippen LogP contribution in [0.3, 0.4) is 0 Å². The molecule has 0 unspecified atom stereocenters. The van der Waals surface area contributed by atoms with Gasteiger partial charge in [0.2, 0.25) is 0 Å². The van der Waals surface area contributed by atoms with Crippen molar-refractivity contribution in [3.63, 3.8) is 0 Å². The van der Waals surface area contributed by atoms with Crippen LogP contribution < -0.4 is 0 Å². The standard InChI is InChI=1S/C23H26N2S/c1-15(2)19-8-6-9-20(16(3)4)23(19)24-17(5)21-10-7-11-22(25-21)18-12-13-26-14-18/h6-16H,1-5H3. The first-order valence-electron chi connectivity index (χ1n) is 9.15. The first-order chi connectivity index (χ1) is 12.5. The smallest absolute Gasteiger partial charge is 0.0849 e. The normalized spacial score (nSPS) is 12.2. The summed E-state index contributed by atoms with van der Waals surface area (Å²) < 4.78 is 0. The number of pyridine rings is 1. The fourth-order valence-corrected chi connectivity index (χ4v) is 3.72. The molecule has 3 rings (SSSR count). The van der Waals surface area contributed by atoms with Crippen LogP contribution in [0.2, 0.25) is 0 Å². The van der Waals surface area contributed by atoms with Crippen LogP contribution in [0.4, 0.5) is 5.69 Å². The Morgan fingerprint density at radius 2 is 1.58 bits per heavy atom. The van der Waals surface area contributed by atoms with E-state index in [9.17, 15) is 0 Å². The van der Waals surface area contributed by atoms with Crippen LogP contribution in [0.15, 0.2) is 58.2 Å². The Hall–Kier alpha value is -2.26. The molecule has 0 saturated carbocycles. The molecule has 0 fully saturated rings. The quantitative estimate of drug-likeness (QED) is 0.441. The van der Waals surface area contributed by atoms with E-state index in [4.69, 9.17) is 9.98 Å². The van der Waals surface area contributed by atoms with Gasteiger partial charge in [-0.1, -0.05) is 52.0 Å². The van der Waals surface area contributed by atoms with Gasteiger partial charge < -0.3 is 0 Å². The third-order valence-corrected chi connectivity index (χ3v) is 5.24. The van der Waals surface area contributed by atoms with Crippen molar-refractivity contribution in [1.29, 1.82) is 0 Å². The molecule has 0 aliphatic heterocycles. The van der Waals surface area contributed by atoms with E-state index in [1.54, 1.807) is 11.3 Å². The number of para-hydroxylation sites is 1. The Morgan fingerprint density at radius 3 is 2.15 bits per heavy atom. The summed E-state index contributed by atoms with van der Waals surface area (Å²) in [5, 5.41) is 4.21. The summed E-state index contributed by atoms with van der Waals surface area (Å²) in [5.41, 5.74) is 7.75. The summed E-state index contributed by atoms with van der Waals surface area (Å²) in [6.07, 6.45) is 0. The van der Waals surface area contributed by atoms with Gasteiger partial charge in [-0.25, -0.2) is 4.98 Å². The van der Waals surface area contributed by atoms with Crippen molar-refractivity contribution in [3.05, 3.63) is 70.0 Å². The lowest BCUT2D eigenvalue weighted by atomic mass is 9.93. The summed E-state index contributed by atoms with van der Waals surface area (Å²) in [5.74, 6) is 0.871. The third kappa shape index (κ3) is 3.94. The molecule has 0 spiro atoms. The molecule has 0 saturated heterocycles. The minimum atomic E-state index is 0.436. The fourth-order valence-electron chi connectivity index (χ4n) is 3.07. The SMILES string of the molecule is CC(=Nc1c(C(C)C)cccc1C(C)C)c1cccc(-c2ccsc2)n1. The molecule has 0 radical (unpaired) electrons. The molecular weight excluding hydrogens is 336 g/mol. The second-order valence-electron chi connectivity index (χ2n) is 7.21. The van der Waals surface area contributed by atoms with Crippen LogP contribution in [0.5, 0.6) is 0 Å². The zero-order valence-electron chi connectivity index (χ0n) is 16.2. The molecule has 3 heteroatoms. The van der Waals surface area contributed by atoms with Gasteiger partial charge in [0.25, 0.3) is 0 Å². The molecule has 0 atom stereocenters. The predicted molar refractivity (Wildman–Crippen MR) is 114 cm³/mol. The van der Waals surface area contributed by atoms with Crippen LogP contribution in [-0.2, 0) is 0 Å². The maximum absolute atomic E-state index is 5.05. The van der Waals surface area contributed by atoms with Crippen LogP contribution in [0.1, 0.15) is 63.3 Å². The van der Waals surface area contributed by atoms with Crippen molar-refractivity contribution < 1.29 is 0 Å². The van der Waals surface area contributed by atoms with Crippen molar-refractivity contribution in [1.82, 2.24) is 4.98 Å². The molecule has 0 aliphatic rings. The van der Waals surface area contributed by atoms with Gasteiger partial charge in [0, 0.05) is 10.9 Å². The topological polar surface area (TPSA) is 25.2 Å². The Balaban J connectivity index is 2.07. The zero-order chi connectivity index (χ0) is 18.7. The lowest BCUT2D eigenvalue weighted by Crippen LogP contribution is -2.02. The van der Waals surface area contributed by atoms with E-state index in [0.29, 0.717) is 11.8 Å². The third-order valence-electron chi connectivity index (χ3n) is 4.56. The van der Waals surface area contributed by atoms with Crippen LogP contribution in [0, 0.1) is 0 Å².